The lowest BCUT2D eigenvalue weighted by molar-refractivity contribution is -0.131. The van der Waals surface area contributed by atoms with E-state index in [4.69, 9.17) is 18.9 Å². The summed E-state index contributed by atoms with van der Waals surface area (Å²) in [7, 11) is 3.20. The molecule has 2 aliphatic heterocycles. The van der Waals surface area contributed by atoms with Crippen LogP contribution in [-0.4, -0.2) is 44.8 Å². The summed E-state index contributed by atoms with van der Waals surface area (Å²) in [5, 5.41) is 0. The quantitative estimate of drug-likeness (QED) is 0.792. The lowest BCUT2D eigenvalue weighted by Gasteiger charge is -2.27. The van der Waals surface area contributed by atoms with Gasteiger partial charge in [-0.25, -0.2) is 0 Å². The molecule has 0 aromatic heterocycles. The summed E-state index contributed by atoms with van der Waals surface area (Å²) in [6.07, 6.45) is 2.29. The number of amides is 1. The van der Waals surface area contributed by atoms with Gasteiger partial charge < -0.3 is 23.8 Å². The van der Waals surface area contributed by atoms with Gasteiger partial charge in [0, 0.05) is 6.54 Å². The number of rotatable bonds is 5. The van der Waals surface area contributed by atoms with Crippen LogP contribution < -0.4 is 18.9 Å². The predicted octanol–water partition coefficient (Wildman–Crippen LogP) is 3.38. The number of ether oxygens (including phenoxy) is 4. The van der Waals surface area contributed by atoms with Gasteiger partial charge in [0.1, 0.15) is 13.2 Å². The molecular weight excluding hydrogens is 358 g/mol. The van der Waals surface area contributed by atoms with Gasteiger partial charge in [0.25, 0.3) is 0 Å². The molecule has 4 rings (SSSR count). The minimum Gasteiger partial charge on any atom is -0.493 e. The maximum atomic E-state index is 13.0. The maximum absolute atomic E-state index is 13.0. The molecule has 148 valence electrons. The first-order valence-electron chi connectivity index (χ1n) is 9.59. The van der Waals surface area contributed by atoms with Crippen molar-refractivity contribution in [3.8, 4) is 23.0 Å². The number of nitrogens with zero attached hydrogens (tertiary/aromatic N) is 1. The Balaban J connectivity index is 1.51. The highest BCUT2D eigenvalue weighted by Crippen LogP contribution is 2.38. The molecule has 0 radical (unpaired) electrons. The molecule has 1 atom stereocenters. The Labute approximate surface area is 165 Å². The fraction of sp³-hybridized carbons (Fsp3) is 0.409. The summed E-state index contributed by atoms with van der Waals surface area (Å²) in [5.41, 5.74) is 2.01. The molecule has 2 heterocycles. The number of hydrogen-bond donors (Lipinski definition) is 0. The van der Waals surface area contributed by atoms with Crippen molar-refractivity contribution in [1.82, 2.24) is 4.90 Å². The number of likely N-dealkylation sites (tertiary alicyclic amines) is 1. The molecule has 6 heteroatoms. The fourth-order valence-electron chi connectivity index (χ4n) is 3.95. The first-order chi connectivity index (χ1) is 13.7. The molecule has 2 aromatic carbocycles. The van der Waals surface area contributed by atoms with E-state index in [-0.39, 0.29) is 11.9 Å². The first kappa shape index (κ1) is 18.5. The first-order valence-corrected chi connectivity index (χ1v) is 9.59. The van der Waals surface area contributed by atoms with E-state index in [1.165, 1.54) is 0 Å². The van der Waals surface area contributed by atoms with E-state index >= 15 is 0 Å². The van der Waals surface area contributed by atoms with Crippen LogP contribution in [0.1, 0.15) is 30.0 Å². The maximum Gasteiger partial charge on any atom is 0.227 e. The fourth-order valence-corrected chi connectivity index (χ4v) is 3.95. The molecule has 1 fully saturated rings. The summed E-state index contributed by atoms with van der Waals surface area (Å²) in [5.74, 6) is 2.95. The smallest absolute Gasteiger partial charge is 0.227 e. The molecule has 1 amide bonds. The van der Waals surface area contributed by atoms with Crippen molar-refractivity contribution >= 4 is 5.91 Å². The van der Waals surface area contributed by atoms with Gasteiger partial charge in [-0.2, -0.15) is 0 Å². The SMILES string of the molecule is COc1ccc(CC(=O)N2CCCC2c2ccc3c(c2)OCCO3)cc1OC. The van der Waals surface area contributed by atoms with Crippen LogP contribution >= 0.6 is 0 Å². The summed E-state index contributed by atoms with van der Waals surface area (Å²) in [4.78, 5) is 15.0. The van der Waals surface area contributed by atoms with E-state index in [1.54, 1.807) is 14.2 Å². The van der Waals surface area contributed by atoms with E-state index in [9.17, 15) is 4.79 Å². The van der Waals surface area contributed by atoms with Crippen LogP contribution in [0.15, 0.2) is 36.4 Å². The Morgan fingerprint density at radius 3 is 2.61 bits per heavy atom. The Kier molecular flexibility index (Phi) is 5.28. The zero-order valence-corrected chi connectivity index (χ0v) is 16.3. The number of benzene rings is 2. The van der Waals surface area contributed by atoms with Crippen molar-refractivity contribution in [2.75, 3.05) is 34.0 Å². The normalized spacial score (nSPS) is 18.1. The van der Waals surface area contributed by atoms with Crippen molar-refractivity contribution in [3.05, 3.63) is 47.5 Å². The molecule has 6 nitrogen and oxygen atoms in total. The van der Waals surface area contributed by atoms with Crippen LogP contribution in [0.4, 0.5) is 0 Å². The Morgan fingerprint density at radius 1 is 1.04 bits per heavy atom. The van der Waals surface area contributed by atoms with Gasteiger partial charge >= 0.3 is 0 Å². The minimum atomic E-state index is 0.0727. The van der Waals surface area contributed by atoms with Crippen molar-refractivity contribution in [2.45, 2.75) is 25.3 Å². The molecule has 0 spiro atoms. The Hall–Kier alpha value is -2.89. The highest BCUT2D eigenvalue weighted by Gasteiger charge is 2.31. The predicted molar refractivity (Wildman–Crippen MR) is 104 cm³/mol. The minimum absolute atomic E-state index is 0.0727. The van der Waals surface area contributed by atoms with Crippen molar-refractivity contribution < 1.29 is 23.7 Å². The lowest BCUT2D eigenvalue weighted by atomic mass is 10.0. The number of methoxy groups -OCH3 is 2. The Bertz CT molecular complexity index is 866. The molecule has 1 saturated heterocycles. The second-order valence-electron chi connectivity index (χ2n) is 7.01. The van der Waals surface area contributed by atoms with Crippen molar-refractivity contribution in [2.24, 2.45) is 0 Å². The third-order valence-electron chi connectivity index (χ3n) is 5.33. The highest BCUT2D eigenvalue weighted by molar-refractivity contribution is 5.80. The third-order valence-corrected chi connectivity index (χ3v) is 5.33. The van der Waals surface area contributed by atoms with Gasteiger partial charge in [0.05, 0.1) is 26.7 Å². The number of carbonyl (C=O) groups is 1. The standard InChI is InChI=1S/C22H25NO5/c1-25-18-7-5-15(12-20(18)26-2)13-22(24)23-9-3-4-17(23)16-6-8-19-21(14-16)28-11-10-27-19/h5-8,12,14,17H,3-4,9-11,13H2,1-2H3. The van der Waals surface area contributed by atoms with Crippen molar-refractivity contribution in [3.63, 3.8) is 0 Å². The zero-order chi connectivity index (χ0) is 19.5. The van der Waals surface area contributed by atoms with Gasteiger partial charge in [-0.1, -0.05) is 12.1 Å². The van der Waals surface area contributed by atoms with E-state index < -0.39 is 0 Å². The molecular formula is C22H25NO5. The second-order valence-corrected chi connectivity index (χ2v) is 7.01. The van der Waals surface area contributed by atoms with Gasteiger partial charge in [-0.05, 0) is 48.2 Å². The highest BCUT2D eigenvalue weighted by atomic mass is 16.6. The summed E-state index contributed by atoms with van der Waals surface area (Å²) in [6, 6.07) is 11.7. The third kappa shape index (κ3) is 3.59. The summed E-state index contributed by atoms with van der Waals surface area (Å²) >= 11 is 0. The monoisotopic (exact) mass is 383 g/mol. The molecule has 0 N–H and O–H groups in total. The van der Waals surface area contributed by atoms with Crippen LogP contribution in [0.5, 0.6) is 23.0 Å². The number of fused-ring (bicyclic) bond motifs is 1. The molecule has 1 unspecified atom stereocenters. The zero-order valence-electron chi connectivity index (χ0n) is 16.3. The van der Waals surface area contributed by atoms with E-state index in [0.29, 0.717) is 31.1 Å². The van der Waals surface area contributed by atoms with Gasteiger partial charge in [0.2, 0.25) is 5.91 Å². The van der Waals surface area contributed by atoms with Crippen LogP contribution in [-0.2, 0) is 11.2 Å². The molecule has 0 bridgehead atoms. The van der Waals surface area contributed by atoms with Crippen LogP contribution in [0, 0.1) is 0 Å². The molecule has 2 aliphatic rings. The van der Waals surface area contributed by atoms with Crippen molar-refractivity contribution in [1.29, 1.82) is 0 Å². The molecule has 28 heavy (non-hydrogen) atoms. The lowest BCUT2D eigenvalue weighted by Crippen LogP contribution is -2.32. The Morgan fingerprint density at radius 2 is 1.82 bits per heavy atom. The molecule has 0 saturated carbocycles. The van der Waals surface area contributed by atoms with Gasteiger partial charge in [-0.3, -0.25) is 4.79 Å². The van der Waals surface area contributed by atoms with Gasteiger partial charge in [-0.15, -0.1) is 0 Å². The van der Waals surface area contributed by atoms with E-state index in [1.807, 2.05) is 41.3 Å². The van der Waals surface area contributed by atoms with Gasteiger partial charge in [0.15, 0.2) is 23.0 Å². The largest absolute Gasteiger partial charge is 0.493 e. The van der Waals surface area contributed by atoms with Crippen LogP contribution in [0.2, 0.25) is 0 Å². The summed E-state index contributed by atoms with van der Waals surface area (Å²) in [6.45, 7) is 1.90. The second kappa shape index (κ2) is 8.00. The van der Waals surface area contributed by atoms with Crippen LogP contribution in [0.25, 0.3) is 0 Å². The average Bonchev–Trinajstić information content (AvgIpc) is 3.23. The van der Waals surface area contributed by atoms with E-state index in [2.05, 4.69) is 0 Å². The molecule has 2 aromatic rings. The van der Waals surface area contributed by atoms with E-state index in [0.717, 1.165) is 42.0 Å². The molecule has 0 aliphatic carbocycles. The average molecular weight is 383 g/mol. The summed E-state index contributed by atoms with van der Waals surface area (Å²) < 4.78 is 21.9. The van der Waals surface area contributed by atoms with Crippen LogP contribution in [0.3, 0.4) is 0 Å². The topological polar surface area (TPSA) is 57.2 Å². The number of hydrogen-bond acceptors (Lipinski definition) is 5. The number of carbonyl (C=O) groups excluding carboxylic acids is 1.